The molecule has 0 saturated carbocycles. The normalized spacial score (nSPS) is 18.9. The van der Waals surface area contributed by atoms with Gasteiger partial charge in [0.2, 0.25) is 0 Å². The van der Waals surface area contributed by atoms with Crippen LogP contribution in [0.2, 0.25) is 0 Å². The fourth-order valence-corrected chi connectivity index (χ4v) is 2.20. The molecular formula is C17H28O3. The van der Waals surface area contributed by atoms with Crippen LogP contribution in [0.25, 0.3) is 0 Å². The van der Waals surface area contributed by atoms with Crippen molar-refractivity contribution in [3.63, 3.8) is 0 Å². The molecule has 0 spiro atoms. The van der Waals surface area contributed by atoms with Crippen LogP contribution in [0, 0.1) is 11.8 Å². The van der Waals surface area contributed by atoms with E-state index in [4.69, 9.17) is 14.6 Å². The molecule has 0 aliphatic carbocycles. The monoisotopic (exact) mass is 280 g/mol. The summed E-state index contributed by atoms with van der Waals surface area (Å²) in [6.07, 6.45) is 14.6. The van der Waals surface area contributed by atoms with Crippen LogP contribution in [-0.2, 0) is 9.47 Å². The SMILES string of the molecule is OCC#C/C=C/CCCCCCCOC1CCCCO1. The maximum absolute atomic E-state index is 8.47. The molecule has 3 nitrogen and oxygen atoms in total. The average Bonchev–Trinajstić information content (AvgIpc) is 2.49. The summed E-state index contributed by atoms with van der Waals surface area (Å²) in [7, 11) is 0. The highest BCUT2D eigenvalue weighted by Crippen LogP contribution is 2.14. The number of unbranched alkanes of at least 4 members (excludes halogenated alkanes) is 5. The van der Waals surface area contributed by atoms with E-state index in [1.54, 1.807) is 0 Å². The van der Waals surface area contributed by atoms with Crippen molar-refractivity contribution in [1.82, 2.24) is 0 Å². The predicted octanol–water partition coefficient (Wildman–Crippen LogP) is 3.42. The molecule has 0 radical (unpaired) electrons. The maximum Gasteiger partial charge on any atom is 0.157 e. The second-order valence-corrected chi connectivity index (χ2v) is 5.10. The topological polar surface area (TPSA) is 38.7 Å². The van der Waals surface area contributed by atoms with Crippen molar-refractivity contribution in [2.75, 3.05) is 19.8 Å². The van der Waals surface area contributed by atoms with Crippen molar-refractivity contribution >= 4 is 0 Å². The maximum atomic E-state index is 8.47. The summed E-state index contributed by atoms with van der Waals surface area (Å²) in [5, 5.41) is 8.47. The third-order valence-corrected chi connectivity index (χ3v) is 3.34. The van der Waals surface area contributed by atoms with Gasteiger partial charge in [0.05, 0.1) is 0 Å². The molecule has 0 aromatic carbocycles. The standard InChI is InChI=1S/C17H28O3/c18-14-10-7-5-3-1-2-4-6-8-11-15-19-17-13-9-12-16-20-17/h3,5,17-18H,1-2,4,6,8-9,11-16H2/b5-3+. The van der Waals surface area contributed by atoms with E-state index in [9.17, 15) is 0 Å². The molecule has 1 N–H and O–H groups in total. The molecule has 3 heteroatoms. The number of aliphatic hydroxyl groups excluding tert-OH is 1. The van der Waals surface area contributed by atoms with Crippen LogP contribution in [0.15, 0.2) is 12.2 Å². The highest BCUT2D eigenvalue weighted by molar-refractivity contribution is 5.14. The first-order chi connectivity index (χ1) is 9.93. The minimum Gasteiger partial charge on any atom is -0.384 e. The van der Waals surface area contributed by atoms with Crippen LogP contribution in [0.5, 0.6) is 0 Å². The van der Waals surface area contributed by atoms with Crippen molar-refractivity contribution < 1.29 is 14.6 Å². The van der Waals surface area contributed by atoms with Gasteiger partial charge in [-0.15, -0.1) is 0 Å². The molecule has 20 heavy (non-hydrogen) atoms. The van der Waals surface area contributed by atoms with Crippen molar-refractivity contribution in [2.24, 2.45) is 0 Å². The second-order valence-electron chi connectivity index (χ2n) is 5.10. The summed E-state index contributed by atoms with van der Waals surface area (Å²) in [5.41, 5.74) is 0. The molecule has 1 aliphatic heterocycles. The van der Waals surface area contributed by atoms with E-state index in [2.05, 4.69) is 17.9 Å². The number of aliphatic hydroxyl groups is 1. The molecular weight excluding hydrogens is 252 g/mol. The van der Waals surface area contributed by atoms with E-state index < -0.39 is 0 Å². The molecule has 1 rings (SSSR count). The summed E-state index contributed by atoms with van der Waals surface area (Å²) in [5.74, 6) is 5.37. The zero-order valence-corrected chi connectivity index (χ0v) is 12.5. The Morgan fingerprint density at radius 1 is 1.15 bits per heavy atom. The minimum absolute atomic E-state index is 0.0572. The van der Waals surface area contributed by atoms with Crippen LogP contribution < -0.4 is 0 Å². The summed E-state index contributed by atoms with van der Waals surface area (Å²) in [6.45, 7) is 1.64. The zero-order valence-electron chi connectivity index (χ0n) is 12.5. The Labute approximate surface area is 123 Å². The van der Waals surface area contributed by atoms with Crippen LogP contribution >= 0.6 is 0 Å². The van der Waals surface area contributed by atoms with Gasteiger partial charge in [0.1, 0.15) is 6.61 Å². The third kappa shape index (κ3) is 10.0. The molecule has 1 fully saturated rings. The molecule has 1 atom stereocenters. The van der Waals surface area contributed by atoms with Gasteiger partial charge in [-0.25, -0.2) is 0 Å². The Morgan fingerprint density at radius 3 is 2.80 bits per heavy atom. The van der Waals surface area contributed by atoms with Crippen molar-refractivity contribution in [3.8, 4) is 11.8 Å². The van der Waals surface area contributed by atoms with Crippen molar-refractivity contribution in [1.29, 1.82) is 0 Å². The molecule has 1 saturated heterocycles. The van der Waals surface area contributed by atoms with Gasteiger partial charge in [-0.2, -0.15) is 0 Å². The molecule has 1 heterocycles. The molecule has 1 aliphatic rings. The van der Waals surface area contributed by atoms with E-state index in [-0.39, 0.29) is 12.9 Å². The third-order valence-electron chi connectivity index (χ3n) is 3.34. The number of rotatable bonds is 9. The fraction of sp³-hybridized carbons (Fsp3) is 0.765. The minimum atomic E-state index is -0.0572. The van der Waals surface area contributed by atoms with Gasteiger partial charge < -0.3 is 14.6 Å². The van der Waals surface area contributed by atoms with Crippen LogP contribution in [0.3, 0.4) is 0 Å². The highest BCUT2D eigenvalue weighted by atomic mass is 16.7. The van der Waals surface area contributed by atoms with E-state index >= 15 is 0 Å². The first-order valence-corrected chi connectivity index (χ1v) is 7.91. The lowest BCUT2D eigenvalue weighted by Crippen LogP contribution is -2.22. The lowest BCUT2D eigenvalue weighted by atomic mass is 10.1. The summed E-state index contributed by atoms with van der Waals surface area (Å²) < 4.78 is 11.2. The van der Waals surface area contributed by atoms with Gasteiger partial charge in [-0.05, 0) is 44.6 Å². The summed E-state index contributed by atoms with van der Waals surface area (Å²) in [6, 6.07) is 0. The van der Waals surface area contributed by atoms with Gasteiger partial charge in [0.15, 0.2) is 6.29 Å². The molecule has 1 unspecified atom stereocenters. The van der Waals surface area contributed by atoms with Crippen molar-refractivity contribution in [3.05, 3.63) is 12.2 Å². The Balaban J connectivity index is 1.79. The predicted molar refractivity (Wildman–Crippen MR) is 81.2 cm³/mol. The largest absolute Gasteiger partial charge is 0.384 e. The summed E-state index contributed by atoms with van der Waals surface area (Å²) in [4.78, 5) is 0. The molecule has 0 aromatic heterocycles. The molecule has 0 aromatic rings. The molecule has 114 valence electrons. The Morgan fingerprint density at radius 2 is 2.00 bits per heavy atom. The fourth-order valence-electron chi connectivity index (χ4n) is 2.20. The van der Waals surface area contributed by atoms with Crippen LogP contribution in [0.1, 0.15) is 57.8 Å². The van der Waals surface area contributed by atoms with Crippen molar-refractivity contribution in [2.45, 2.75) is 64.1 Å². The average molecular weight is 280 g/mol. The van der Waals surface area contributed by atoms with Gasteiger partial charge in [0, 0.05) is 13.2 Å². The summed E-state index contributed by atoms with van der Waals surface area (Å²) >= 11 is 0. The Hall–Kier alpha value is -0.820. The number of hydrogen-bond donors (Lipinski definition) is 1. The smallest absolute Gasteiger partial charge is 0.157 e. The van der Waals surface area contributed by atoms with Crippen LogP contribution in [-0.4, -0.2) is 31.2 Å². The number of allylic oxidation sites excluding steroid dienone is 2. The molecule has 0 amide bonds. The van der Waals surface area contributed by atoms with E-state index in [1.807, 2.05) is 6.08 Å². The molecule has 0 bridgehead atoms. The van der Waals surface area contributed by atoms with Gasteiger partial charge in [-0.3, -0.25) is 0 Å². The Kier molecular flexibility index (Phi) is 11.4. The van der Waals surface area contributed by atoms with Crippen LogP contribution in [0.4, 0.5) is 0 Å². The van der Waals surface area contributed by atoms with E-state index in [1.165, 1.54) is 38.5 Å². The van der Waals surface area contributed by atoms with E-state index in [0.29, 0.717) is 0 Å². The first-order valence-electron chi connectivity index (χ1n) is 7.91. The lowest BCUT2D eigenvalue weighted by Gasteiger charge is -2.22. The lowest BCUT2D eigenvalue weighted by molar-refractivity contribution is -0.162. The van der Waals surface area contributed by atoms with E-state index in [0.717, 1.165) is 32.5 Å². The Bertz CT molecular complexity index is 295. The number of hydrogen-bond acceptors (Lipinski definition) is 3. The van der Waals surface area contributed by atoms with Gasteiger partial charge >= 0.3 is 0 Å². The quantitative estimate of drug-likeness (QED) is 0.519. The second kappa shape index (κ2) is 13.2. The van der Waals surface area contributed by atoms with Gasteiger partial charge in [-0.1, -0.05) is 37.2 Å². The first kappa shape index (κ1) is 17.2. The zero-order chi connectivity index (χ0) is 14.3. The van der Waals surface area contributed by atoms with Gasteiger partial charge in [0.25, 0.3) is 0 Å². The number of ether oxygens (including phenoxy) is 2. The highest BCUT2D eigenvalue weighted by Gasteiger charge is 2.13.